The fourth-order valence-corrected chi connectivity index (χ4v) is 2.25. The van der Waals surface area contributed by atoms with Gasteiger partial charge in [-0.05, 0) is 36.8 Å². The average Bonchev–Trinajstić information content (AvgIpc) is 2.46. The molecule has 3 N–H and O–H groups in total. The molecule has 0 saturated heterocycles. The quantitative estimate of drug-likeness (QED) is 0.822. The van der Waals surface area contributed by atoms with Crippen LogP contribution >= 0.6 is 0 Å². The monoisotopic (exact) mass is 306 g/mol. The van der Waals surface area contributed by atoms with Crippen LogP contribution in [-0.4, -0.2) is 29.5 Å². The normalized spacial score (nSPS) is 12.4. The largest absolute Gasteiger partial charge is 0.398 e. The molecule has 0 spiro atoms. The lowest BCUT2D eigenvalue weighted by molar-refractivity contribution is 0.0531. The molecule has 1 atom stereocenters. The minimum atomic E-state index is -0.814. The van der Waals surface area contributed by atoms with Crippen molar-refractivity contribution in [3.05, 3.63) is 52.2 Å². The Morgan fingerprint density at radius 2 is 2.14 bits per heavy atom. The van der Waals surface area contributed by atoms with Crippen molar-refractivity contribution in [1.29, 1.82) is 0 Å². The number of pyridine rings is 1. The predicted octanol–water partition coefficient (Wildman–Crippen LogP) is 1.55. The summed E-state index contributed by atoms with van der Waals surface area (Å²) < 4.78 is 20.3. The number of hydrogen-bond donors (Lipinski definition) is 2. The van der Waals surface area contributed by atoms with Gasteiger partial charge in [-0.2, -0.15) is 0 Å². The zero-order chi connectivity index (χ0) is 16.3. The van der Waals surface area contributed by atoms with E-state index in [4.69, 9.17) is 10.5 Å². The Kier molecular flexibility index (Phi) is 4.95. The molecule has 5 nitrogen and oxygen atoms in total. The predicted molar refractivity (Wildman–Crippen MR) is 83.1 cm³/mol. The third-order valence-electron chi connectivity index (χ3n) is 3.43. The zero-order valence-corrected chi connectivity index (χ0v) is 12.5. The molecule has 0 amide bonds. The second-order valence-electron chi connectivity index (χ2n) is 5.18. The van der Waals surface area contributed by atoms with Crippen molar-refractivity contribution in [2.24, 2.45) is 0 Å². The fourth-order valence-electron chi connectivity index (χ4n) is 2.25. The summed E-state index contributed by atoms with van der Waals surface area (Å²) in [7, 11) is 1.47. The van der Waals surface area contributed by atoms with Crippen LogP contribution in [0.2, 0.25) is 0 Å². The molecule has 2 rings (SSSR count). The van der Waals surface area contributed by atoms with E-state index in [1.165, 1.54) is 29.9 Å². The van der Waals surface area contributed by atoms with Gasteiger partial charge in [0.05, 0.1) is 24.8 Å². The van der Waals surface area contributed by atoms with Gasteiger partial charge in [0.2, 0.25) is 0 Å². The third kappa shape index (κ3) is 3.35. The molecule has 118 valence electrons. The van der Waals surface area contributed by atoms with Crippen molar-refractivity contribution >= 4 is 5.69 Å². The lowest BCUT2D eigenvalue weighted by Gasteiger charge is -2.13. The van der Waals surface area contributed by atoms with Crippen LogP contribution in [0.5, 0.6) is 0 Å². The van der Waals surface area contributed by atoms with E-state index < -0.39 is 11.9 Å². The molecule has 0 saturated carbocycles. The Labute approximate surface area is 127 Å². The molecule has 1 heterocycles. The molecule has 22 heavy (non-hydrogen) atoms. The van der Waals surface area contributed by atoms with Gasteiger partial charge < -0.3 is 20.1 Å². The van der Waals surface area contributed by atoms with E-state index in [9.17, 15) is 14.3 Å². The van der Waals surface area contributed by atoms with E-state index in [0.29, 0.717) is 11.3 Å². The van der Waals surface area contributed by atoms with E-state index >= 15 is 0 Å². The van der Waals surface area contributed by atoms with Gasteiger partial charge in [-0.3, -0.25) is 4.79 Å². The number of nitrogens with two attached hydrogens (primary N) is 1. The van der Waals surface area contributed by atoms with Crippen LogP contribution in [0.3, 0.4) is 0 Å². The number of ether oxygens (including phenoxy) is 1. The molecule has 0 aliphatic heterocycles. The Morgan fingerprint density at radius 3 is 2.82 bits per heavy atom. The Bertz CT molecular complexity index is 728. The van der Waals surface area contributed by atoms with Gasteiger partial charge >= 0.3 is 0 Å². The summed E-state index contributed by atoms with van der Waals surface area (Å²) in [6.07, 6.45) is 0.728. The number of aliphatic hydroxyl groups excluding tert-OH is 1. The average molecular weight is 306 g/mol. The van der Waals surface area contributed by atoms with E-state index in [2.05, 4.69) is 0 Å². The maximum Gasteiger partial charge on any atom is 0.258 e. The lowest BCUT2D eigenvalue weighted by atomic mass is 10.0. The maximum atomic E-state index is 14.1. The Balaban J connectivity index is 2.45. The molecule has 0 fully saturated rings. The number of hydrogen-bond acceptors (Lipinski definition) is 4. The fraction of sp³-hybridized carbons (Fsp3) is 0.312. The van der Waals surface area contributed by atoms with E-state index in [0.717, 1.165) is 0 Å². The number of anilines is 1. The summed E-state index contributed by atoms with van der Waals surface area (Å²) in [5, 5.41) is 9.74. The van der Waals surface area contributed by atoms with Crippen LogP contribution in [0.1, 0.15) is 5.56 Å². The van der Waals surface area contributed by atoms with Gasteiger partial charge in [0, 0.05) is 24.6 Å². The molecule has 1 aromatic heterocycles. The van der Waals surface area contributed by atoms with Gasteiger partial charge in [-0.25, -0.2) is 4.39 Å². The van der Waals surface area contributed by atoms with Gasteiger partial charge in [0.1, 0.15) is 5.82 Å². The van der Waals surface area contributed by atoms with Gasteiger partial charge in [-0.1, -0.05) is 0 Å². The topological polar surface area (TPSA) is 77.5 Å². The number of aliphatic hydroxyl groups is 1. The number of benzene rings is 1. The molecule has 2 aromatic rings. The first kappa shape index (κ1) is 16.2. The van der Waals surface area contributed by atoms with Crippen LogP contribution in [0.15, 0.2) is 35.3 Å². The molecule has 0 aliphatic rings. The maximum absolute atomic E-state index is 14.1. The molecular formula is C16H19FN2O3. The molecule has 0 radical (unpaired) electrons. The van der Waals surface area contributed by atoms with Gasteiger partial charge in [0.25, 0.3) is 5.56 Å². The number of nitrogens with zero attached hydrogens (tertiary/aromatic N) is 1. The SMILES string of the molecule is COC[C@H](O)Cn1cccc(-c2cc(N)c(C)cc2F)c1=O. The van der Waals surface area contributed by atoms with Crippen molar-refractivity contribution in [3.63, 3.8) is 0 Å². The van der Waals surface area contributed by atoms with Crippen molar-refractivity contribution in [3.8, 4) is 11.1 Å². The third-order valence-corrected chi connectivity index (χ3v) is 3.43. The zero-order valence-electron chi connectivity index (χ0n) is 12.5. The summed E-state index contributed by atoms with van der Waals surface area (Å²) in [6.45, 7) is 1.89. The first-order valence-electron chi connectivity index (χ1n) is 6.86. The number of halogens is 1. The molecule has 0 unspecified atom stereocenters. The smallest absolute Gasteiger partial charge is 0.258 e. The van der Waals surface area contributed by atoms with Crippen LogP contribution in [0, 0.1) is 12.7 Å². The van der Waals surface area contributed by atoms with Crippen LogP contribution in [0.25, 0.3) is 11.1 Å². The first-order chi connectivity index (χ1) is 10.4. The van der Waals surface area contributed by atoms with Crippen LogP contribution in [-0.2, 0) is 11.3 Å². The molecule has 0 aliphatic carbocycles. The summed E-state index contributed by atoms with van der Waals surface area (Å²) in [4.78, 5) is 12.5. The van der Waals surface area contributed by atoms with Crippen molar-refractivity contribution in [1.82, 2.24) is 4.57 Å². The highest BCUT2D eigenvalue weighted by molar-refractivity contribution is 5.69. The van der Waals surface area contributed by atoms with Gasteiger partial charge in [0.15, 0.2) is 0 Å². The second kappa shape index (κ2) is 6.72. The van der Waals surface area contributed by atoms with Gasteiger partial charge in [-0.15, -0.1) is 0 Å². The summed E-state index contributed by atoms with van der Waals surface area (Å²) in [6, 6.07) is 5.93. The number of rotatable bonds is 5. The van der Waals surface area contributed by atoms with Crippen molar-refractivity contribution in [2.75, 3.05) is 19.5 Å². The molecular weight excluding hydrogens is 287 g/mol. The van der Waals surface area contributed by atoms with Crippen LogP contribution in [0.4, 0.5) is 10.1 Å². The highest BCUT2D eigenvalue weighted by Gasteiger charge is 2.14. The highest BCUT2D eigenvalue weighted by Crippen LogP contribution is 2.24. The van der Waals surface area contributed by atoms with Crippen molar-refractivity contribution < 1.29 is 14.2 Å². The molecule has 0 bridgehead atoms. The van der Waals surface area contributed by atoms with E-state index in [1.807, 2.05) is 0 Å². The standard InChI is InChI=1S/C16H19FN2O3/c1-10-6-14(17)13(7-15(10)18)12-4-3-5-19(16(12)21)8-11(20)9-22-2/h3-7,11,20H,8-9,18H2,1-2H3/t11-/m1/s1. The second-order valence-corrected chi connectivity index (χ2v) is 5.18. The molecule has 6 heteroatoms. The van der Waals surface area contributed by atoms with Crippen LogP contribution < -0.4 is 11.3 Å². The summed E-state index contributed by atoms with van der Waals surface area (Å²) in [5.74, 6) is -0.501. The lowest BCUT2D eigenvalue weighted by Crippen LogP contribution is -2.29. The van der Waals surface area contributed by atoms with Crippen molar-refractivity contribution in [2.45, 2.75) is 19.6 Å². The summed E-state index contributed by atoms with van der Waals surface area (Å²) >= 11 is 0. The number of aryl methyl sites for hydroxylation is 1. The summed E-state index contributed by atoms with van der Waals surface area (Å²) in [5.41, 5.74) is 6.82. The number of methoxy groups -OCH3 is 1. The Morgan fingerprint density at radius 1 is 1.41 bits per heavy atom. The minimum absolute atomic E-state index is 0.0729. The Hall–Kier alpha value is -2.18. The highest BCUT2D eigenvalue weighted by atomic mass is 19.1. The van der Waals surface area contributed by atoms with E-state index in [1.54, 1.807) is 19.2 Å². The van der Waals surface area contributed by atoms with E-state index in [-0.39, 0.29) is 29.8 Å². The number of nitrogen functional groups attached to an aromatic ring is 1. The first-order valence-corrected chi connectivity index (χ1v) is 6.86. The molecule has 1 aromatic carbocycles. The number of aromatic nitrogens is 1. The minimum Gasteiger partial charge on any atom is -0.398 e.